The summed E-state index contributed by atoms with van der Waals surface area (Å²) in [6, 6.07) is 1.71. The third-order valence-electron chi connectivity index (χ3n) is 2.86. The number of rotatable bonds is 6. The largest absolute Gasteiger partial charge is 0.472 e. The van der Waals surface area contributed by atoms with Gasteiger partial charge in [0, 0.05) is 30.2 Å². The van der Waals surface area contributed by atoms with Gasteiger partial charge >= 0.3 is 0 Å². The van der Waals surface area contributed by atoms with Crippen LogP contribution in [0.25, 0.3) is 4.96 Å². The van der Waals surface area contributed by atoms with Crippen molar-refractivity contribution in [3.05, 3.63) is 35.7 Å². The predicted octanol–water partition coefficient (Wildman–Crippen LogP) is 1.90. The summed E-state index contributed by atoms with van der Waals surface area (Å²) in [5, 5.41) is 4.92. The number of hydrogen-bond donors (Lipinski definition) is 2. The summed E-state index contributed by atoms with van der Waals surface area (Å²) < 4.78 is 34.2. The molecule has 0 saturated heterocycles. The van der Waals surface area contributed by atoms with E-state index in [9.17, 15) is 8.42 Å². The molecule has 7 nitrogen and oxygen atoms in total. The summed E-state index contributed by atoms with van der Waals surface area (Å²) in [5.74, 6) is 0.365. The van der Waals surface area contributed by atoms with Crippen molar-refractivity contribution < 1.29 is 12.8 Å². The molecule has 0 saturated carbocycles. The summed E-state index contributed by atoms with van der Waals surface area (Å²) >= 11 is 1.38. The summed E-state index contributed by atoms with van der Waals surface area (Å²) in [7, 11) is -3.69. The van der Waals surface area contributed by atoms with Crippen LogP contribution in [0, 0.1) is 0 Å². The third kappa shape index (κ3) is 2.67. The lowest BCUT2D eigenvalue weighted by molar-refractivity contribution is 0.560. The van der Waals surface area contributed by atoms with E-state index in [1.165, 1.54) is 23.9 Å². The van der Waals surface area contributed by atoms with Crippen LogP contribution in [0.4, 0.5) is 5.82 Å². The Hall–Kier alpha value is -1.84. The van der Waals surface area contributed by atoms with E-state index in [1.807, 2.05) is 6.92 Å². The maximum absolute atomic E-state index is 12.6. The highest BCUT2D eigenvalue weighted by molar-refractivity contribution is 7.89. The Bertz CT molecular complexity index is 833. The number of nitrogens with zero attached hydrogens (tertiary/aromatic N) is 2. The monoisotopic (exact) mass is 326 g/mol. The molecule has 0 aliphatic heterocycles. The Morgan fingerprint density at radius 2 is 2.33 bits per heavy atom. The fourth-order valence-electron chi connectivity index (χ4n) is 1.94. The first kappa shape index (κ1) is 14.1. The van der Waals surface area contributed by atoms with E-state index < -0.39 is 10.0 Å². The number of nitrogens with one attached hydrogen (secondary N) is 2. The number of anilines is 1. The predicted molar refractivity (Wildman–Crippen MR) is 80.0 cm³/mol. The fourth-order valence-corrected chi connectivity index (χ4v) is 3.99. The second-order valence-corrected chi connectivity index (χ2v) is 6.86. The zero-order valence-electron chi connectivity index (χ0n) is 11.2. The van der Waals surface area contributed by atoms with Gasteiger partial charge in [-0.05, 0) is 13.0 Å². The molecule has 0 spiro atoms. The minimum atomic E-state index is -3.69. The topological polar surface area (TPSA) is 88.6 Å². The number of sulfonamides is 1. The maximum Gasteiger partial charge on any atom is 0.260 e. The second kappa shape index (κ2) is 5.51. The van der Waals surface area contributed by atoms with Crippen LogP contribution in [0.15, 0.2) is 39.6 Å². The molecule has 0 atom stereocenters. The quantitative estimate of drug-likeness (QED) is 0.722. The average Bonchev–Trinajstić information content (AvgIpc) is 3.12. The fraction of sp³-hybridized carbons (Fsp3) is 0.250. The summed E-state index contributed by atoms with van der Waals surface area (Å²) in [5.41, 5.74) is 0.759. The van der Waals surface area contributed by atoms with Crippen LogP contribution in [0.3, 0.4) is 0 Å². The van der Waals surface area contributed by atoms with Crippen molar-refractivity contribution in [2.24, 2.45) is 0 Å². The standard InChI is InChI=1S/C12H14N4O3S2/c1-2-13-10-11(16-4-6-20-12(16)15-10)21(17,18)14-7-9-3-5-19-8-9/h3-6,8,13-14H,2,7H2,1H3. The highest BCUT2D eigenvalue weighted by atomic mass is 32.2. The zero-order chi connectivity index (χ0) is 14.9. The summed E-state index contributed by atoms with van der Waals surface area (Å²) in [6.07, 6.45) is 4.70. The van der Waals surface area contributed by atoms with Crippen molar-refractivity contribution in [3.63, 3.8) is 0 Å². The van der Waals surface area contributed by atoms with Gasteiger partial charge in [-0.25, -0.2) is 18.1 Å². The van der Waals surface area contributed by atoms with Crippen LogP contribution in [0.2, 0.25) is 0 Å². The Morgan fingerprint density at radius 3 is 3.05 bits per heavy atom. The highest BCUT2D eigenvalue weighted by Crippen LogP contribution is 2.25. The van der Waals surface area contributed by atoms with Gasteiger partial charge in [-0.1, -0.05) is 0 Å². The Kier molecular flexibility index (Phi) is 3.70. The van der Waals surface area contributed by atoms with E-state index in [4.69, 9.17) is 4.42 Å². The molecule has 3 rings (SSSR count). The van der Waals surface area contributed by atoms with Gasteiger partial charge in [-0.2, -0.15) is 0 Å². The lowest BCUT2D eigenvalue weighted by atomic mass is 10.4. The normalized spacial score (nSPS) is 12.0. The molecule has 9 heteroatoms. The number of fused-ring (bicyclic) bond motifs is 1. The third-order valence-corrected chi connectivity index (χ3v) is 5.04. The first-order chi connectivity index (χ1) is 10.1. The molecule has 0 radical (unpaired) electrons. The molecule has 3 aromatic rings. The van der Waals surface area contributed by atoms with Crippen molar-refractivity contribution >= 4 is 32.1 Å². The van der Waals surface area contributed by atoms with Gasteiger partial charge in [0.15, 0.2) is 15.8 Å². The lowest BCUT2D eigenvalue weighted by Gasteiger charge is -2.07. The van der Waals surface area contributed by atoms with Gasteiger partial charge in [-0.3, -0.25) is 4.40 Å². The molecule has 3 aromatic heterocycles. The van der Waals surface area contributed by atoms with E-state index in [1.54, 1.807) is 22.0 Å². The molecule has 2 N–H and O–H groups in total. The number of thiazole rings is 1. The molecule has 3 heterocycles. The van der Waals surface area contributed by atoms with Crippen molar-refractivity contribution in [2.75, 3.05) is 11.9 Å². The van der Waals surface area contributed by atoms with Gasteiger partial charge in [0.25, 0.3) is 10.0 Å². The number of aromatic nitrogens is 2. The molecular formula is C12H14N4O3S2. The first-order valence-corrected chi connectivity index (χ1v) is 8.68. The molecular weight excluding hydrogens is 312 g/mol. The van der Waals surface area contributed by atoms with Gasteiger partial charge in [0.05, 0.1) is 12.5 Å². The molecule has 0 amide bonds. The van der Waals surface area contributed by atoms with Crippen LogP contribution in [-0.4, -0.2) is 24.3 Å². The van der Waals surface area contributed by atoms with E-state index in [0.29, 0.717) is 17.3 Å². The van der Waals surface area contributed by atoms with Crippen molar-refractivity contribution in [1.29, 1.82) is 0 Å². The number of hydrogen-bond acceptors (Lipinski definition) is 6. The van der Waals surface area contributed by atoms with Crippen molar-refractivity contribution in [1.82, 2.24) is 14.1 Å². The van der Waals surface area contributed by atoms with Gasteiger partial charge < -0.3 is 9.73 Å². The van der Waals surface area contributed by atoms with Crippen molar-refractivity contribution in [3.8, 4) is 0 Å². The summed E-state index contributed by atoms with van der Waals surface area (Å²) in [6.45, 7) is 2.65. The van der Waals surface area contributed by atoms with E-state index >= 15 is 0 Å². The van der Waals surface area contributed by atoms with E-state index in [2.05, 4.69) is 15.0 Å². The minimum absolute atomic E-state index is 0.129. The SMILES string of the molecule is CCNc1nc2sccn2c1S(=O)(=O)NCc1ccoc1. The van der Waals surface area contributed by atoms with E-state index in [0.717, 1.165) is 5.56 Å². The first-order valence-electron chi connectivity index (χ1n) is 6.32. The van der Waals surface area contributed by atoms with Gasteiger partial charge in [-0.15, -0.1) is 11.3 Å². The molecule has 21 heavy (non-hydrogen) atoms. The minimum Gasteiger partial charge on any atom is -0.472 e. The number of furan rings is 1. The van der Waals surface area contributed by atoms with Crippen LogP contribution in [-0.2, 0) is 16.6 Å². The maximum atomic E-state index is 12.6. The van der Waals surface area contributed by atoms with E-state index in [-0.39, 0.29) is 11.6 Å². The molecule has 0 fully saturated rings. The Balaban J connectivity index is 1.96. The highest BCUT2D eigenvalue weighted by Gasteiger charge is 2.25. The molecule has 0 bridgehead atoms. The Labute approximate surface area is 125 Å². The molecule has 0 unspecified atom stereocenters. The molecule has 112 valence electrons. The van der Waals surface area contributed by atoms with Crippen LogP contribution >= 0.6 is 11.3 Å². The average molecular weight is 326 g/mol. The smallest absolute Gasteiger partial charge is 0.260 e. The van der Waals surface area contributed by atoms with Gasteiger partial charge in [0.2, 0.25) is 0 Å². The van der Waals surface area contributed by atoms with Gasteiger partial charge in [0.1, 0.15) is 0 Å². The lowest BCUT2D eigenvalue weighted by Crippen LogP contribution is -2.25. The summed E-state index contributed by atoms with van der Waals surface area (Å²) in [4.78, 5) is 4.94. The second-order valence-electron chi connectivity index (χ2n) is 4.31. The molecule has 0 aliphatic rings. The van der Waals surface area contributed by atoms with Crippen LogP contribution in [0.1, 0.15) is 12.5 Å². The molecule has 0 aromatic carbocycles. The zero-order valence-corrected chi connectivity index (χ0v) is 12.9. The molecule has 0 aliphatic carbocycles. The van der Waals surface area contributed by atoms with Crippen molar-refractivity contribution in [2.45, 2.75) is 18.5 Å². The Morgan fingerprint density at radius 1 is 1.48 bits per heavy atom. The van der Waals surface area contributed by atoms with Crippen LogP contribution in [0.5, 0.6) is 0 Å². The number of imidazole rings is 1. The van der Waals surface area contributed by atoms with Crippen LogP contribution < -0.4 is 10.0 Å².